The standard InChI is InChI=1S/C16H16N4O3S/c1-3-20-10-8-11-12(23-7-6-22-11)9-13(10)24-16(20)18-15(21)14-17-4-5-19(14)2/h4-5,8-9H,3,6-7H2,1-2H3. The molecule has 24 heavy (non-hydrogen) atoms. The molecule has 1 amide bonds. The van der Waals surface area contributed by atoms with E-state index in [-0.39, 0.29) is 5.91 Å². The van der Waals surface area contributed by atoms with Crippen molar-refractivity contribution in [3.63, 3.8) is 0 Å². The molecule has 8 heteroatoms. The lowest BCUT2D eigenvalue weighted by Gasteiger charge is -2.18. The normalized spacial score (nSPS) is 14.3. The van der Waals surface area contributed by atoms with Crippen LogP contribution in [0.3, 0.4) is 0 Å². The number of benzene rings is 1. The Kier molecular flexibility index (Phi) is 3.61. The first kappa shape index (κ1) is 14.9. The molecule has 0 N–H and O–H groups in total. The summed E-state index contributed by atoms with van der Waals surface area (Å²) in [5, 5.41) is 0. The molecule has 3 heterocycles. The minimum Gasteiger partial charge on any atom is -0.486 e. The van der Waals surface area contributed by atoms with E-state index in [0.29, 0.717) is 30.4 Å². The fourth-order valence-electron chi connectivity index (χ4n) is 2.71. The Morgan fingerprint density at radius 2 is 2.08 bits per heavy atom. The lowest BCUT2D eigenvalue weighted by molar-refractivity contribution is 0.0985. The molecule has 1 aliphatic heterocycles. The third-order valence-electron chi connectivity index (χ3n) is 3.87. The van der Waals surface area contributed by atoms with Gasteiger partial charge in [0.1, 0.15) is 13.2 Å². The molecule has 0 aliphatic carbocycles. The predicted octanol–water partition coefficient (Wildman–Crippen LogP) is 1.97. The van der Waals surface area contributed by atoms with Gasteiger partial charge in [-0.3, -0.25) is 4.79 Å². The summed E-state index contributed by atoms with van der Waals surface area (Å²) < 4.78 is 16.0. The molecule has 0 radical (unpaired) electrons. The van der Waals surface area contributed by atoms with E-state index in [4.69, 9.17) is 9.47 Å². The van der Waals surface area contributed by atoms with E-state index < -0.39 is 0 Å². The molecule has 0 atom stereocenters. The van der Waals surface area contributed by atoms with Gasteiger partial charge in [-0.1, -0.05) is 11.3 Å². The first-order valence-corrected chi connectivity index (χ1v) is 8.48. The smallest absolute Gasteiger partial charge is 0.315 e. The minimum atomic E-state index is -0.353. The van der Waals surface area contributed by atoms with Crippen LogP contribution in [0.25, 0.3) is 10.2 Å². The Hall–Kier alpha value is -2.61. The van der Waals surface area contributed by atoms with Crippen molar-refractivity contribution in [1.29, 1.82) is 0 Å². The van der Waals surface area contributed by atoms with Gasteiger partial charge in [0.05, 0.1) is 10.2 Å². The highest BCUT2D eigenvalue weighted by molar-refractivity contribution is 7.16. The molecule has 0 fully saturated rings. The molecular weight excluding hydrogens is 328 g/mol. The number of hydrogen-bond donors (Lipinski definition) is 0. The number of nitrogens with zero attached hydrogens (tertiary/aromatic N) is 4. The number of aryl methyl sites for hydroxylation is 2. The van der Waals surface area contributed by atoms with E-state index in [0.717, 1.165) is 21.7 Å². The van der Waals surface area contributed by atoms with Crippen LogP contribution in [0.2, 0.25) is 0 Å². The van der Waals surface area contributed by atoms with E-state index >= 15 is 0 Å². The number of hydrogen-bond acceptors (Lipinski definition) is 5. The molecule has 124 valence electrons. The fourth-order valence-corrected chi connectivity index (χ4v) is 3.81. The van der Waals surface area contributed by atoms with Crippen molar-refractivity contribution in [2.45, 2.75) is 13.5 Å². The van der Waals surface area contributed by atoms with Gasteiger partial charge in [-0.2, -0.15) is 4.99 Å². The number of thiazole rings is 1. The van der Waals surface area contributed by atoms with Crippen molar-refractivity contribution in [3.8, 4) is 11.5 Å². The van der Waals surface area contributed by atoms with Crippen LogP contribution in [0.15, 0.2) is 29.5 Å². The fraction of sp³-hybridized carbons (Fsp3) is 0.312. The van der Waals surface area contributed by atoms with Gasteiger partial charge in [-0.15, -0.1) is 0 Å². The van der Waals surface area contributed by atoms with Crippen molar-refractivity contribution < 1.29 is 14.3 Å². The summed E-state index contributed by atoms with van der Waals surface area (Å²) in [4.78, 5) is 21.4. The van der Waals surface area contributed by atoms with Crippen molar-refractivity contribution in [2.24, 2.45) is 12.0 Å². The molecule has 3 aromatic rings. The van der Waals surface area contributed by atoms with Gasteiger partial charge < -0.3 is 18.6 Å². The summed E-state index contributed by atoms with van der Waals surface area (Å²) in [6, 6.07) is 3.90. The first-order chi connectivity index (χ1) is 11.7. The van der Waals surface area contributed by atoms with Crippen LogP contribution in [0.1, 0.15) is 17.5 Å². The third-order valence-corrected chi connectivity index (χ3v) is 4.91. The maximum absolute atomic E-state index is 12.4. The largest absolute Gasteiger partial charge is 0.486 e. The number of aromatic nitrogens is 3. The van der Waals surface area contributed by atoms with Gasteiger partial charge in [0.2, 0.25) is 5.82 Å². The van der Waals surface area contributed by atoms with Gasteiger partial charge in [-0.25, -0.2) is 4.98 Å². The average molecular weight is 344 g/mol. The lowest BCUT2D eigenvalue weighted by atomic mass is 10.2. The molecule has 1 aliphatic rings. The Labute approximate surface area is 141 Å². The number of carbonyl (C=O) groups excluding carboxylic acids is 1. The molecule has 4 rings (SSSR count). The Balaban J connectivity index is 1.87. The van der Waals surface area contributed by atoms with E-state index in [1.54, 1.807) is 24.0 Å². The molecule has 0 spiro atoms. The minimum absolute atomic E-state index is 0.320. The number of imidazole rings is 1. The molecule has 0 bridgehead atoms. The predicted molar refractivity (Wildman–Crippen MR) is 89.6 cm³/mol. The van der Waals surface area contributed by atoms with Crippen LogP contribution in [-0.2, 0) is 13.6 Å². The summed E-state index contributed by atoms with van der Waals surface area (Å²) in [5.74, 6) is 1.44. The molecule has 7 nitrogen and oxygen atoms in total. The quantitative estimate of drug-likeness (QED) is 0.713. The highest BCUT2D eigenvalue weighted by Gasteiger charge is 2.17. The second-order valence-electron chi connectivity index (χ2n) is 5.37. The maximum Gasteiger partial charge on any atom is 0.315 e. The van der Waals surface area contributed by atoms with Gasteiger partial charge >= 0.3 is 5.91 Å². The van der Waals surface area contributed by atoms with Crippen LogP contribution in [0.5, 0.6) is 11.5 Å². The number of amides is 1. The topological polar surface area (TPSA) is 70.6 Å². The zero-order valence-corrected chi connectivity index (χ0v) is 14.2. The Morgan fingerprint density at radius 1 is 1.33 bits per heavy atom. The number of rotatable bonds is 2. The van der Waals surface area contributed by atoms with E-state index in [2.05, 4.69) is 9.98 Å². The van der Waals surface area contributed by atoms with Crippen molar-refractivity contribution in [3.05, 3.63) is 35.2 Å². The van der Waals surface area contributed by atoms with Crippen molar-refractivity contribution in [1.82, 2.24) is 14.1 Å². The zero-order chi connectivity index (χ0) is 16.7. The molecule has 0 unspecified atom stereocenters. The third kappa shape index (κ3) is 2.39. The van der Waals surface area contributed by atoms with Gasteiger partial charge in [0.25, 0.3) is 0 Å². The number of ether oxygens (including phenoxy) is 2. The second-order valence-corrected chi connectivity index (χ2v) is 6.38. The number of carbonyl (C=O) groups is 1. The van der Waals surface area contributed by atoms with Crippen LogP contribution >= 0.6 is 11.3 Å². The highest BCUT2D eigenvalue weighted by atomic mass is 32.1. The molecule has 0 saturated carbocycles. The van der Waals surface area contributed by atoms with Gasteiger partial charge in [0.15, 0.2) is 16.3 Å². The molecule has 1 aromatic carbocycles. The van der Waals surface area contributed by atoms with Crippen LogP contribution in [0, 0.1) is 0 Å². The zero-order valence-electron chi connectivity index (χ0n) is 13.4. The van der Waals surface area contributed by atoms with Crippen LogP contribution < -0.4 is 14.3 Å². The molecular formula is C16H16N4O3S. The summed E-state index contributed by atoms with van der Waals surface area (Å²) in [6.07, 6.45) is 3.31. The summed E-state index contributed by atoms with van der Waals surface area (Å²) in [6.45, 7) is 3.82. The summed E-state index contributed by atoms with van der Waals surface area (Å²) >= 11 is 1.46. The second kappa shape index (κ2) is 5.79. The molecule has 2 aromatic heterocycles. The van der Waals surface area contributed by atoms with Gasteiger partial charge in [0, 0.05) is 38.1 Å². The molecule has 0 saturated heterocycles. The van der Waals surface area contributed by atoms with E-state index in [1.807, 2.05) is 23.6 Å². The monoisotopic (exact) mass is 344 g/mol. The van der Waals surface area contributed by atoms with Crippen LogP contribution in [0.4, 0.5) is 0 Å². The summed E-state index contributed by atoms with van der Waals surface area (Å²) in [7, 11) is 1.78. The highest BCUT2D eigenvalue weighted by Crippen LogP contribution is 2.35. The Morgan fingerprint density at radius 3 is 2.75 bits per heavy atom. The average Bonchev–Trinajstić information content (AvgIpc) is 3.15. The van der Waals surface area contributed by atoms with E-state index in [9.17, 15) is 4.79 Å². The maximum atomic E-state index is 12.4. The Bertz CT molecular complexity index is 999. The van der Waals surface area contributed by atoms with Crippen molar-refractivity contribution in [2.75, 3.05) is 13.2 Å². The lowest BCUT2D eigenvalue weighted by Crippen LogP contribution is -2.18. The number of fused-ring (bicyclic) bond motifs is 2. The van der Waals surface area contributed by atoms with Crippen molar-refractivity contribution >= 4 is 27.5 Å². The SMILES string of the molecule is CCn1c(=NC(=O)c2nccn2C)sc2cc3c(cc21)OCCO3. The van der Waals surface area contributed by atoms with Crippen LogP contribution in [-0.4, -0.2) is 33.2 Å². The summed E-state index contributed by atoms with van der Waals surface area (Å²) in [5.41, 5.74) is 0.984. The van der Waals surface area contributed by atoms with Gasteiger partial charge in [-0.05, 0) is 6.92 Å². The van der Waals surface area contributed by atoms with E-state index in [1.165, 1.54) is 11.3 Å². The first-order valence-electron chi connectivity index (χ1n) is 7.66.